The summed E-state index contributed by atoms with van der Waals surface area (Å²) in [5.41, 5.74) is 2.36. The van der Waals surface area contributed by atoms with Crippen molar-refractivity contribution in [3.63, 3.8) is 0 Å². The minimum Gasteiger partial charge on any atom is -0.471 e. The number of benzene rings is 2. The minimum atomic E-state index is 0.177. The van der Waals surface area contributed by atoms with Crippen LogP contribution in [0.2, 0.25) is 0 Å². The fourth-order valence-electron chi connectivity index (χ4n) is 2.07. The maximum atomic E-state index is 5.92. The van der Waals surface area contributed by atoms with Gasteiger partial charge in [0.25, 0.3) is 0 Å². The van der Waals surface area contributed by atoms with E-state index in [1.807, 2.05) is 42.1 Å². The lowest BCUT2D eigenvalue weighted by atomic mass is 10.2. The van der Waals surface area contributed by atoms with Crippen molar-refractivity contribution >= 4 is 17.7 Å². The molecular formula is C17H17NOS. The second-order valence-electron chi connectivity index (χ2n) is 4.88. The zero-order chi connectivity index (χ0) is 13.8. The molecule has 1 atom stereocenters. The molecule has 0 spiro atoms. The fourth-order valence-corrected chi connectivity index (χ4v) is 2.95. The molecule has 0 fully saturated rings. The average molecular weight is 283 g/mol. The molecule has 0 amide bonds. The van der Waals surface area contributed by atoms with Crippen molar-refractivity contribution in [2.45, 2.75) is 17.9 Å². The summed E-state index contributed by atoms with van der Waals surface area (Å²) in [6, 6.07) is 18.7. The molecule has 1 unspecified atom stereocenters. The Bertz CT molecular complexity index is 592. The van der Waals surface area contributed by atoms with Gasteiger partial charge in [-0.1, -0.05) is 35.9 Å². The predicted molar refractivity (Wildman–Crippen MR) is 84.6 cm³/mol. The van der Waals surface area contributed by atoms with Crippen LogP contribution in [0, 0.1) is 6.92 Å². The summed E-state index contributed by atoms with van der Waals surface area (Å²) in [5.74, 6) is 1.71. The van der Waals surface area contributed by atoms with E-state index in [-0.39, 0.29) is 6.10 Å². The van der Waals surface area contributed by atoms with E-state index in [2.05, 4.69) is 36.2 Å². The maximum absolute atomic E-state index is 5.92. The number of thioether (sulfide) groups is 1. The molecule has 0 radical (unpaired) electrons. The first kappa shape index (κ1) is 13.3. The molecule has 0 saturated heterocycles. The van der Waals surface area contributed by atoms with Crippen molar-refractivity contribution in [3.8, 4) is 0 Å². The van der Waals surface area contributed by atoms with Gasteiger partial charge in [0.1, 0.15) is 6.10 Å². The van der Waals surface area contributed by atoms with Crippen molar-refractivity contribution in [1.29, 1.82) is 0 Å². The molecule has 0 N–H and O–H groups in total. The summed E-state index contributed by atoms with van der Waals surface area (Å²) < 4.78 is 5.92. The second-order valence-corrected chi connectivity index (χ2v) is 5.97. The van der Waals surface area contributed by atoms with Gasteiger partial charge < -0.3 is 4.74 Å². The van der Waals surface area contributed by atoms with Crippen LogP contribution in [-0.4, -0.2) is 24.3 Å². The average Bonchev–Trinajstić information content (AvgIpc) is 2.97. The summed E-state index contributed by atoms with van der Waals surface area (Å²) in [6.45, 7) is 2.86. The highest BCUT2D eigenvalue weighted by Crippen LogP contribution is 2.22. The highest BCUT2D eigenvalue weighted by atomic mass is 32.2. The number of aryl methyl sites for hydroxylation is 1. The third kappa shape index (κ3) is 3.23. The lowest BCUT2D eigenvalue weighted by Gasteiger charge is -2.11. The number of nitrogens with zero attached hydrogens (tertiary/aromatic N) is 1. The van der Waals surface area contributed by atoms with Crippen LogP contribution < -0.4 is 0 Å². The van der Waals surface area contributed by atoms with Crippen LogP contribution in [0.4, 0.5) is 0 Å². The maximum Gasteiger partial charge on any atom is 0.216 e. The van der Waals surface area contributed by atoms with Gasteiger partial charge in [0.15, 0.2) is 0 Å². The molecule has 0 aromatic heterocycles. The Morgan fingerprint density at radius 2 is 1.85 bits per heavy atom. The molecule has 0 bridgehead atoms. The molecule has 0 aliphatic carbocycles. The Hall–Kier alpha value is -1.74. The molecule has 0 saturated carbocycles. The van der Waals surface area contributed by atoms with Gasteiger partial charge in [-0.05, 0) is 31.2 Å². The van der Waals surface area contributed by atoms with Crippen molar-refractivity contribution in [3.05, 3.63) is 65.7 Å². The van der Waals surface area contributed by atoms with Crippen LogP contribution in [0.1, 0.15) is 11.1 Å². The first-order valence-electron chi connectivity index (χ1n) is 6.77. The normalized spacial score (nSPS) is 17.6. The quantitative estimate of drug-likeness (QED) is 0.793. The monoisotopic (exact) mass is 283 g/mol. The summed E-state index contributed by atoms with van der Waals surface area (Å²) in [4.78, 5) is 5.78. The highest BCUT2D eigenvalue weighted by molar-refractivity contribution is 7.99. The largest absolute Gasteiger partial charge is 0.471 e. The van der Waals surface area contributed by atoms with Crippen LogP contribution in [0.5, 0.6) is 0 Å². The number of aliphatic imine (C=N–C) groups is 1. The SMILES string of the molecule is Cc1ccc(SCC2CN=C(c3ccccc3)O2)cc1. The first-order chi connectivity index (χ1) is 9.81. The summed E-state index contributed by atoms with van der Waals surface area (Å²) >= 11 is 1.83. The zero-order valence-corrected chi connectivity index (χ0v) is 12.3. The Morgan fingerprint density at radius 1 is 1.10 bits per heavy atom. The van der Waals surface area contributed by atoms with Crippen LogP contribution in [0.15, 0.2) is 64.5 Å². The van der Waals surface area contributed by atoms with Crippen LogP contribution in [0.25, 0.3) is 0 Å². The molecule has 20 heavy (non-hydrogen) atoms. The van der Waals surface area contributed by atoms with Crippen LogP contribution in [0.3, 0.4) is 0 Å². The van der Waals surface area contributed by atoms with Gasteiger partial charge in [-0.3, -0.25) is 0 Å². The Morgan fingerprint density at radius 3 is 2.60 bits per heavy atom. The Labute approximate surface area is 123 Å². The smallest absolute Gasteiger partial charge is 0.216 e. The standard InChI is InChI=1S/C17H17NOS/c1-13-7-9-16(10-8-13)20-12-15-11-18-17(19-15)14-5-3-2-4-6-14/h2-10,15H,11-12H2,1H3. The van der Waals surface area contributed by atoms with E-state index in [4.69, 9.17) is 4.74 Å². The number of ether oxygens (including phenoxy) is 1. The van der Waals surface area contributed by atoms with Gasteiger partial charge in [-0.2, -0.15) is 0 Å². The van der Waals surface area contributed by atoms with Gasteiger partial charge in [0.05, 0.1) is 6.54 Å². The van der Waals surface area contributed by atoms with E-state index in [0.29, 0.717) is 0 Å². The van der Waals surface area contributed by atoms with Crippen molar-refractivity contribution in [2.75, 3.05) is 12.3 Å². The zero-order valence-electron chi connectivity index (χ0n) is 11.5. The number of rotatable bonds is 4. The van der Waals surface area contributed by atoms with E-state index < -0.39 is 0 Å². The number of hydrogen-bond donors (Lipinski definition) is 0. The van der Waals surface area contributed by atoms with E-state index >= 15 is 0 Å². The van der Waals surface area contributed by atoms with Crippen molar-refractivity contribution in [2.24, 2.45) is 4.99 Å². The molecule has 1 aliphatic heterocycles. The van der Waals surface area contributed by atoms with Gasteiger partial charge >= 0.3 is 0 Å². The molecule has 3 heteroatoms. The van der Waals surface area contributed by atoms with Gasteiger partial charge in [-0.15, -0.1) is 11.8 Å². The molecule has 1 aliphatic rings. The van der Waals surface area contributed by atoms with E-state index in [0.717, 1.165) is 23.8 Å². The highest BCUT2D eigenvalue weighted by Gasteiger charge is 2.20. The molecule has 102 valence electrons. The van der Waals surface area contributed by atoms with Gasteiger partial charge in [-0.25, -0.2) is 4.99 Å². The fraction of sp³-hybridized carbons (Fsp3) is 0.235. The summed E-state index contributed by atoms with van der Waals surface area (Å²) in [6.07, 6.45) is 0.177. The minimum absolute atomic E-state index is 0.177. The lowest BCUT2D eigenvalue weighted by Crippen LogP contribution is -2.16. The topological polar surface area (TPSA) is 21.6 Å². The summed E-state index contributed by atoms with van der Waals surface area (Å²) in [5, 5.41) is 0. The number of hydrogen-bond acceptors (Lipinski definition) is 3. The van der Waals surface area contributed by atoms with Crippen molar-refractivity contribution in [1.82, 2.24) is 0 Å². The van der Waals surface area contributed by atoms with Crippen molar-refractivity contribution < 1.29 is 4.74 Å². The Kier molecular flexibility index (Phi) is 4.07. The third-order valence-corrected chi connectivity index (χ3v) is 4.34. The predicted octanol–water partition coefficient (Wildman–Crippen LogP) is 3.93. The molecule has 2 nitrogen and oxygen atoms in total. The third-order valence-electron chi connectivity index (χ3n) is 3.19. The van der Waals surface area contributed by atoms with E-state index in [1.54, 1.807) is 0 Å². The van der Waals surface area contributed by atoms with Gasteiger partial charge in [0.2, 0.25) is 5.90 Å². The molecule has 2 aromatic rings. The lowest BCUT2D eigenvalue weighted by molar-refractivity contribution is 0.251. The second kappa shape index (κ2) is 6.14. The van der Waals surface area contributed by atoms with Gasteiger partial charge in [0, 0.05) is 16.2 Å². The Balaban J connectivity index is 1.53. The molecule has 2 aromatic carbocycles. The van der Waals surface area contributed by atoms with Crippen LogP contribution >= 0.6 is 11.8 Å². The van der Waals surface area contributed by atoms with Crippen LogP contribution in [-0.2, 0) is 4.74 Å². The van der Waals surface area contributed by atoms with E-state index in [9.17, 15) is 0 Å². The first-order valence-corrected chi connectivity index (χ1v) is 7.76. The molecular weight excluding hydrogens is 266 g/mol. The summed E-state index contributed by atoms with van der Waals surface area (Å²) in [7, 11) is 0. The van der Waals surface area contributed by atoms with E-state index in [1.165, 1.54) is 10.5 Å². The molecule has 1 heterocycles. The molecule has 3 rings (SSSR count).